The van der Waals surface area contributed by atoms with Crippen LogP contribution in [0.2, 0.25) is 0 Å². The summed E-state index contributed by atoms with van der Waals surface area (Å²) in [5.74, 6) is 0. The lowest BCUT2D eigenvalue weighted by Gasteiger charge is -1.72. The first-order chi connectivity index (χ1) is 4.70. The lowest BCUT2D eigenvalue weighted by atomic mass is 10.9. The zero-order valence-corrected chi connectivity index (χ0v) is 5.97. The first kappa shape index (κ1) is 8.52. The molecule has 54 valence electrons. The summed E-state index contributed by atoms with van der Waals surface area (Å²) in [7, 11) is 4.00. The summed E-state index contributed by atoms with van der Waals surface area (Å²) < 4.78 is 4.00. The maximum Gasteiger partial charge on any atom is 0.243 e. The van der Waals surface area contributed by atoms with Gasteiger partial charge in [0.05, 0.1) is 14.1 Å². The average Bonchev–Trinajstić information content (AvgIpc) is 2.17. The SMILES string of the molecule is Cn1cc[n+](C)c1.[N-]=[N+]=[N-]. The minimum Gasteiger partial charge on any atom is -0.373 e. The van der Waals surface area contributed by atoms with Crippen LogP contribution in [0.15, 0.2) is 18.7 Å². The van der Waals surface area contributed by atoms with Gasteiger partial charge in [-0.1, -0.05) is 0 Å². The molecule has 0 unspecified atom stereocenters. The van der Waals surface area contributed by atoms with Crippen LogP contribution >= 0.6 is 0 Å². The molecule has 0 N–H and O–H groups in total. The van der Waals surface area contributed by atoms with Gasteiger partial charge in [0.15, 0.2) is 0 Å². The van der Waals surface area contributed by atoms with E-state index in [0.717, 1.165) is 0 Å². The van der Waals surface area contributed by atoms with Gasteiger partial charge in [-0.15, -0.1) is 0 Å². The smallest absolute Gasteiger partial charge is 0.243 e. The van der Waals surface area contributed by atoms with Gasteiger partial charge in [-0.05, 0) is 0 Å². The molecule has 0 aliphatic carbocycles. The van der Waals surface area contributed by atoms with Crippen LogP contribution < -0.4 is 4.57 Å². The molecule has 0 aromatic carbocycles. The van der Waals surface area contributed by atoms with Gasteiger partial charge < -0.3 is 11.1 Å². The Morgan fingerprint density at radius 3 is 2.10 bits per heavy atom. The van der Waals surface area contributed by atoms with Crippen molar-refractivity contribution in [1.82, 2.24) is 4.57 Å². The topological polar surface area (TPSA) is 67.5 Å². The number of hydrogen-bond donors (Lipinski definition) is 0. The van der Waals surface area contributed by atoms with Crippen LogP contribution in [-0.2, 0) is 14.1 Å². The quantitative estimate of drug-likeness (QED) is 0.220. The molecule has 0 spiro atoms. The number of imidazole rings is 1. The Labute approximate surface area is 58.9 Å². The molecular formula is C5H9N5. The summed E-state index contributed by atoms with van der Waals surface area (Å²) in [4.78, 5) is 1.50. The molecule has 0 saturated carbocycles. The third-order valence-electron chi connectivity index (χ3n) is 0.901. The molecule has 0 fully saturated rings. The second-order valence-electron chi connectivity index (χ2n) is 1.83. The maximum absolute atomic E-state index is 6.75. The summed E-state index contributed by atoms with van der Waals surface area (Å²) in [6.07, 6.45) is 6.00. The summed E-state index contributed by atoms with van der Waals surface area (Å²) in [5.41, 5.74) is 13.5. The van der Waals surface area contributed by atoms with Gasteiger partial charge in [0, 0.05) is 0 Å². The average molecular weight is 139 g/mol. The Balaban J connectivity index is 0.000000236. The molecule has 1 aromatic heterocycles. The Kier molecular flexibility index (Phi) is 3.75. The van der Waals surface area contributed by atoms with Gasteiger partial charge in [-0.3, -0.25) is 4.91 Å². The van der Waals surface area contributed by atoms with Crippen LogP contribution in [0.25, 0.3) is 16.0 Å². The predicted molar refractivity (Wildman–Crippen MR) is 36.7 cm³/mol. The first-order valence-electron chi connectivity index (χ1n) is 2.66. The molecule has 0 radical (unpaired) electrons. The molecular weight excluding hydrogens is 130 g/mol. The van der Waals surface area contributed by atoms with Gasteiger partial charge in [-0.2, -0.15) is 0 Å². The standard InChI is InChI=1S/C5H9N2.N3/c1-6-3-4-7(2)5-6;1-3-2/h3-5H,1-2H3;/q+1;-1. The largest absolute Gasteiger partial charge is 0.373 e. The minimum absolute atomic E-state index is 1.50. The van der Waals surface area contributed by atoms with Crippen LogP contribution in [0.1, 0.15) is 0 Å². The normalized spacial score (nSPS) is 7.40. The van der Waals surface area contributed by atoms with E-state index in [4.69, 9.17) is 11.1 Å². The van der Waals surface area contributed by atoms with E-state index in [-0.39, 0.29) is 0 Å². The highest BCUT2D eigenvalue weighted by Gasteiger charge is 1.87. The second-order valence-corrected chi connectivity index (χ2v) is 1.83. The van der Waals surface area contributed by atoms with E-state index < -0.39 is 0 Å². The molecule has 0 atom stereocenters. The van der Waals surface area contributed by atoms with Gasteiger partial charge in [0.25, 0.3) is 0 Å². The molecule has 1 rings (SSSR count). The van der Waals surface area contributed by atoms with Crippen LogP contribution in [0.3, 0.4) is 0 Å². The van der Waals surface area contributed by atoms with Crippen LogP contribution in [0.5, 0.6) is 0 Å². The molecule has 0 saturated heterocycles. The van der Waals surface area contributed by atoms with Crippen molar-refractivity contribution < 1.29 is 4.57 Å². The van der Waals surface area contributed by atoms with E-state index in [1.54, 1.807) is 0 Å². The van der Waals surface area contributed by atoms with Gasteiger partial charge in [-0.25, -0.2) is 9.13 Å². The summed E-state index contributed by atoms with van der Waals surface area (Å²) in [6, 6.07) is 0. The Hall–Kier alpha value is -1.48. The lowest BCUT2D eigenvalue weighted by Crippen LogP contribution is -2.23. The van der Waals surface area contributed by atoms with E-state index in [1.165, 1.54) is 4.91 Å². The van der Waals surface area contributed by atoms with Gasteiger partial charge in [0.1, 0.15) is 12.4 Å². The Morgan fingerprint density at radius 2 is 2.00 bits per heavy atom. The number of rotatable bonds is 0. The van der Waals surface area contributed by atoms with E-state index in [0.29, 0.717) is 0 Å². The number of aryl methyl sites for hydroxylation is 2. The summed E-state index contributed by atoms with van der Waals surface area (Å²) in [5, 5.41) is 0. The maximum atomic E-state index is 6.75. The highest BCUT2D eigenvalue weighted by atomic mass is 15.1. The third kappa shape index (κ3) is 3.51. The monoisotopic (exact) mass is 139 g/mol. The van der Waals surface area contributed by atoms with Crippen molar-refractivity contribution in [2.75, 3.05) is 0 Å². The lowest BCUT2D eigenvalue weighted by molar-refractivity contribution is -0.670. The van der Waals surface area contributed by atoms with Gasteiger partial charge in [0.2, 0.25) is 6.33 Å². The molecule has 10 heavy (non-hydrogen) atoms. The Bertz CT molecular complexity index is 203. The van der Waals surface area contributed by atoms with Crippen LogP contribution in [-0.4, -0.2) is 4.57 Å². The van der Waals surface area contributed by atoms with Crippen LogP contribution in [0, 0.1) is 0 Å². The number of aromatic nitrogens is 2. The molecule has 1 heterocycles. The fraction of sp³-hybridized carbons (Fsp3) is 0.400. The first-order valence-corrected chi connectivity index (χ1v) is 2.66. The zero-order valence-electron chi connectivity index (χ0n) is 5.97. The fourth-order valence-corrected chi connectivity index (χ4v) is 0.575. The van der Waals surface area contributed by atoms with Crippen molar-refractivity contribution in [3.05, 3.63) is 34.7 Å². The van der Waals surface area contributed by atoms with Crippen LogP contribution in [0.4, 0.5) is 0 Å². The molecule has 0 aliphatic heterocycles. The van der Waals surface area contributed by atoms with Crippen molar-refractivity contribution in [3.8, 4) is 0 Å². The van der Waals surface area contributed by atoms with Crippen molar-refractivity contribution in [2.45, 2.75) is 0 Å². The van der Waals surface area contributed by atoms with E-state index >= 15 is 0 Å². The molecule has 1 aromatic rings. The molecule has 0 aliphatic rings. The predicted octanol–water partition coefficient (Wildman–Crippen LogP) is 0.716. The van der Waals surface area contributed by atoms with Gasteiger partial charge >= 0.3 is 0 Å². The summed E-state index contributed by atoms with van der Waals surface area (Å²) in [6.45, 7) is 0. The zero-order chi connectivity index (χ0) is 7.98. The highest BCUT2D eigenvalue weighted by Crippen LogP contribution is 1.70. The second kappa shape index (κ2) is 4.40. The fourth-order valence-electron chi connectivity index (χ4n) is 0.575. The van der Waals surface area contributed by atoms with Crippen molar-refractivity contribution in [1.29, 1.82) is 0 Å². The molecule has 0 amide bonds. The number of hydrogen-bond acceptors (Lipinski definition) is 0. The molecule has 0 bridgehead atoms. The van der Waals surface area contributed by atoms with Crippen molar-refractivity contribution in [2.24, 2.45) is 14.1 Å². The van der Waals surface area contributed by atoms with Crippen molar-refractivity contribution in [3.63, 3.8) is 0 Å². The highest BCUT2D eigenvalue weighted by molar-refractivity contribution is 4.60. The Morgan fingerprint density at radius 1 is 1.50 bits per heavy atom. The van der Waals surface area contributed by atoms with E-state index in [2.05, 4.69) is 0 Å². The minimum atomic E-state index is 1.50. The summed E-state index contributed by atoms with van der Waals surface area (Å²) >= 11 is 0. The van der Waals surface area contributed by atoms with Crippen molar-refractivity contribution >= 4 is 0 Å². The molecule has 5 heteroatoms. The number of nitrogens with zero attached hydrogens (tertiary/aromatic N) is 5. The molecule has 5 nitrogen and oxygen atoms in total. The third-order valence-corrected chi connectivity index (χ3v) is 0.901. The van der Waals surface area contributed by atoms with E-state index in [1.807, 2.05) is 42.0 Å². The van der Waals surface area contributed by atoms with E-state index in [9.17, 15) is 0 Å².